The molecule has 4 unspecified atom stereocenters. The van der Waals surface area contributed by atoms with Crippen molar-refractivity contribution in [2.45, 2.75) is 58.2 Å². The minimum atomic E-state index is -0.0628. The van der Waals surface area contributed by atoms with Crippen LogP contribution in [0.15, 0.2) is 0 Å². The first-order chi connectivity index (χ1) is 9.90. The zero-order valence-corrected chi connectivity index (χ0v) is 14.3. The van der Waals surface area contributed by atoms with E-state index in [1.165, 1.54) is 19.5 Å². The van der Waals surface area contributed by atoms with Crippen LogP contribution in [0.1, 0.15) is 40.5 Å². The van der Waals surface area contributed by atoms with Crippen LogP contribution >= 0.6 is 0 Å². The van der Waals surface area contributed by atoms with Crippen LogP contribution in [0.4, 0.5) is 0 Å². The summed E-state index contributed by atoms with van der Waals surface area (Å²) in [6.07, 6.45) is 2.79. The molecule has 0 spiro atoms. The summed E-state index contributed by atoms with van der Waals surface area (Å²) in [6, 6.07) is 0.715. The van der Waals surface area contributed by atoms with Crippen molar-refractivity contribution in [2.24, 2.45) is 17.1 Å². The van der Waals surface area contributed by atoms with Gasteiger partial charge in [0.25, 0.3) is 0 Å². The van der Waals surface area contributed by atoms with Gasteiger partial charge in [-0.3, -0.25) is 9.80 Å². The van der Waals surface area contributed by atoms with E-state index in [1.54, 1.807) is 0 Å². The number of nitrogens with zero attached hydrogens (tertiary/aromatic N) is 2. The molecule has 2 heterocycles. The van der Waals surface area contributed by atoms with Crippen LogP contribution in [0.2, 0.25) is 0 Å². The van der Waals surface area contributed by atoms with Crippen LogP contribution in [0.5, 0.6) is 0 Å². The Balaban J connectivity index is 1.58. The second-order valence-corrected chi connectivity index (χ2v) is 8.02. The fraction of sp³-hybridized carbons (Fsp3) is 1.00. The molecule has 0 aromatic carbocycles. The summed E-state index contributed by atoms with van der Waals surface area (Å²) in [4.78, 5) is 5.21. The minimum absolute atomic E-state index is 0.0628. The molecule has 1 aliphatic carbocycles. The van der Waals surface area contributed by atoms with Crippen molar-refractivity contribution in [3.63, 3.8) is 0 Å². The molecule has 2 aliphatic heterocycles. The Hall–Kier alpha value is -0.160. The van der Waals surface area contributed by atoms with Crippen molar-refractivity contribution in [1.29, 1.82) is 0 Å². The van der Waals surface area contributed by atoms with E-state index in [0.717, 1.165) is 32.7 Å². The van der Waals surface area contributed by atoms with Gasteiger partial charge in [-0.05, 0) is 19.8 Å². The van der Waals surface area contributed by atoms with Crippen LogP contribution < -0.4 is 5.73 Å². The van der Waals surface area contributed by atoms with Gasteiger partial charge in [0.2, 0.25) is 0 Å². The molecule has 4 atom stereocenters. The maximum absolute atomic E-state index is 6.88. The van der Waals surface area contributed by atoms with E-state index in [-0.39, 0.29) is 11.0 Å². The van der Waals surface area contributed by atoms with Crippen LogP contribution in [0.25, 0.3) is 0 Å². The van der Waals surface area contributed by atoms with Crippen LogP contribution in [0, 0.1) is 11.3 Å². The van der Waals surface area contributed by atoms with Gasteiger partial charge in [0.1, 0.15) is 0 Å². The molecule has 3 aliphatic rings. The van der Waals surface area contributed by atoms with E-state index in [2.05, 4.69) is 37.5 Å². The molecule has 0 aromatic heterocycles. The summed E-state index contributed by atoms with van der Waals surface area (Å²) in [5.41, 5.74) is 6.93. The van der Waals surface area contributed by atoms with Crippen LogP contribution in [-0.4, -0.2) is 66.8 Å². The Labute approximate surface area is 130 Å². The molecule has 122 valence electrons. The molecular weight excluding hydrogens is 262 g/mol. The van der Waals surface area contributed by atoms with Crippen molar-refractivity contribution in [2.75, 3.05) is 39.3 Å². The monoisotopic (exact) mass is 295 g/mol. The number of piperazine rings is 1. The summed E-state index contributed by atoms with van der Waals surface area (Å²) in [7, 11) is 0. The zero-order chi connectivity index (χ0) is 15.3. The van der Waals surface area contributed by atoms with Gasteiger partial charge in [-0.2, -0.15) is 0 Å². The number of hydrogen-bond donors (Lipinski definition) is 1. The number of hydrogen-bond acceptors (Lipinski definition) is 4. The molecule has 1 saturated carbocycles. The Morgan fingerprint density at radius 3 is 2.52 bits per heavy atom. The molecule has 21 heavy (non-hydrogen) atoms. The highest BCUT2D eigenvalue weighted by Crippen LogP contribution is 2.58. The lowest BCUT2D eigenvalue weighted by Crippen LogP contribution is -2.78. The Bertz CT molecular complexity index is 378. The van der Waals surface area contributed by atoms with E-state index < -0.39 is 0 Å². The molecule has 4 heteroatoms. The molecule has 0 aromatic rings. The highest BCUT2D eigenvalue weighted by atomic mass is 16.5. The quantitative estimate of drug-likeness (QED) is 0.854. The van der Waals surface area contributed by atoms with E-state index in [4.69, 9.17) is 10.5 Å². The van der Waals surface area contributed by atoms with Gasteiger partial charge in [0.05, 0.1) is 6.10 Å². The zero-order valence-electron chi connectivity index (χ0n) is 14.3. The predicted molar refractivity (Wildman–Crippen MR) is 86.3 cm³/mol. The Morgan fingerprint density at radius 2 is 1.90 bits per heavy atom. The molecule has 2 saturated heterocycles. The molecule has 0 radical (unpaired) electrons. The maximum atomic E-state index is 6.88. The minimum Gasteiger partial charge on any atom is -0.377 e. The summed E-state index contributed by atoms with van der Waals surface area (Å²) < 4.78 is 5.91. The summed E-state index contributed by atoms with van der Waals surface area (Å²) in [5, 5.41) is 0. The van der Waals surface area contributed by atoms with E-state index in [1.807, 2.05) is 0 Å². The number of nitrogens with two attached hydrogens (primary N) is 1. The average Bonchev–Trinajstić information content (AvgIpc) is 2.96. The van der Waals surface area contributed by atoms with E-state index >= 15 is 0 Å². The van der Waals surface area contributed by atoms with Crippen molar-refractivity contribution < 1.29 is 4.74 Å². The lowest BCUT2D eigenvalue weighted by molar-refractivity contribution is -0.164. The van der Waals surface area contributed by atoms with Crippen molar-refractivity contribution >= 4 is 0 Å². The van der Waals surface area contributed by atoms with Gasteiger partial charge in [-0.25, -0.2) is 0 Å². The average molecular weight is 295 g/mol. The summed E-state index contributed by atoms with van der Waals surface area (Å²) in [6.45, 7) is 15.9. The van der Waals surface area contributed by atoms with Crippen molar-refractivity contribution in [3.8, 4) is 0 Å². The number of rotatable bonds is 4. The fourth-order valence-corrected chi connectivity index (χ4v) is 4.79. The van der Waals surface area contributed by atoms with Crippen molar-refractivity contribution in [3.05, 3.63) is 0 Å². The molecule has 0 amide bonds. The number of ether oxygens (including phenoxy) is 1. The Morgan fingerprint density at radius 1 is 1.24 bits per heavy atom. The summed E-state index contributed by atoms with van der Waals surface area (Å²) in [5.74, 6) is 0.570. The molecule has 4 nitrogen and oxygen atoms in total. The van der Waals surface area contributed by atoms with E-state index in [0.29, 0.717) is 18.1 Å². The third kappa shape index (κ3) is 2.35. The fourth-order valence-electron chi connectivity index (χ4n) is 4.79. The van der Waals surface area contributed by atoms with Crippen molar-refractivity contribution in [1.82, 2.24) is 9.80 Å². The largest absolute Gasteiger partial charge is 0.377 e. The first kappa shape index (κ1) is 15.7. The second-order valence-electron chi connectivity index (χ2n) is 8.02. The van der Waals surface area contributed by atoms with Gasteiger partial charge < -0.3 is 10.5 Å². The molecular formula is C17H33N3O. The number of fused-ring (bicyclic) bond motifs is 1. The predicted octanol–water partition coefficient (Wildman–Crippen LogP) is 1.54. The normalized spacial score (nSPS) is 41.6. The highest BCUT2D eigenvalue weighted by molar-refractivity contribution is 5.21. The molecule has 2 N–H and O–H groups in total. The molecule has 3 fully saturated rings. The van der Waals surface area contributed by atoms with Gasteiger partial charge >= 0.3 is 0 Å². The van der Waals surface area contributed by atoms with Gasteiger partial charge in [0, 0.05) is 62.2 Å². The lowest BCUT2D eigenvalue weighted by atomic mass is 9.48. The Kier molecular flexibility index (Phi) is 4.11. The smallest absolute Gasteiger partial charge is 0.0691 e. The highest BCUT2D eigenvalue weighted by Gasteiger charge is 2.67. The van der Waals surface area contributed by atoms with Crippen LogP contribution in [0.3, 0.4) is 0 Å². The summed E-state index contributed by atoms with van der Waals surface area (Å²) >= 11 is 0. The topological polar surface area (TPSA) is 41.7 Å². The first-order valence-electron chi connectivity index (χ1n) is 8.77. The molecule has 0 bridgehead atoms. The maximum Gasteiger partial charge on any atom is 0.0691 e. The SMILES string of the molecule is CCC(C)N1CCN(CC2(N)C3CCOC3C2(C)C)CC1. The standard InChI is InChI=1S/C17H33N3O/c1-5-13(2)20-9-7-19(8-10-20)12-17(18)14-6-11-21-15(14)16(17,3)4/h13-15H,5-12,18H2,1-4H3. The van der Waals surface area contributed by atoms with Gasteiger partial charge in [0.15, 0.2) is 0 Å². The third-order valence-electron chi connectivity index (χ3n) is 6.77. The third-order valence-corrected chi connectivity index (χ3v) is 6.77. The lowest BCUT2D eigenvalue weighted by Gasteiger charge is -2.63. The van der Waals surface area contributed by atoms with Gasteiger partial charge in [-0.1, -0.05) is 20.8 Å². The van der Waals surface area contributed by atoms with Gasteiger partial charge in [-0.15, -0.1) is 0 Å². The van der Waals surface area contributed by atoms with E-state index in [9.17, 15) is 0 Å². The second kappa shape index (κ2) is 5.48. The molecule has 3 rings (SSSR count). The van der Waals surface area contributed by atoms with Crippen LogP contribution in [-0.2, 0) is 4.74 Å². The first-order valence-corrected chi connectivity index (χ1v) is 8.77.